The Labute approximate surface area is 114 Å². The number of halogens is 1. The van der Waals surface area contributed by atoms with Gasteiger partial charge in [0.15, 0.2) is 11.6 Å². The van der Waals surface area contributed by atoms with Crippen LogP contribution in [-0.4, -0.2) is 7.11 Å². The second-order valence-electron chi connectivity index (χ2n) is 4.78. The first kappa shape index (κ1) is 13.6. The average Bonchev–Trinajstić information content (AvgIpc) is 2.46. The topological polar surface area (TPSA) is 9.23 Å². The summed E-state index contributed by atoms with van der Waals surface area (Å²) in [6, 6.07) is 13.4. The van der Waals surface area contributed by atoms with E-state index >= 15 is 0 Å². The van der Waals surface area contributed by atoms with Crippen LogP contribution in [0.2, 0.25) is 0 Å². The molecular formula is C17H19FO. The maximum atomic E-state index is 13.7. The lowest BCUT2D eigenvalue weighted by Gasteiger charge is -2.10. The molecule has 1 unspecified atom stereocenters. The molecule has 0 aliphatic carbocycles. The lowest BCUT2D eigenvalue weighted by atomic mass is 9.96. The molecule has 0 N–H and O–H groups in total. The molecule has 0 aromatic heterocycles. The smallest absolute Gasteiger partial charge is 0.165 e. The molecule has 0 aliphatic rings. The van der Waals surface area contributed by atoms with Gasteiger partial charge in [-0.25, -0.2) is 4.39 Å². The second kappa shape index (κ2) is 5.87. The van der Waals surface area contributed by atoms with Crippen LogP contribution in [0.15, 0.2) is 42.5 Å². The van der Waals surface area contributed by atoms with Crippen LogP contribution in [0.5, 0.6) is 5.75 Å². The van der Waals surface area contributed by atoms with Gasteiger partial charge in [0.05, 0.1) is 7.11 Å². The van der Waals surface area contributed by atoms with Crippen molar-refractivity contribution in [2.75, 3.05) is 7.11 Å². The third-order valence-electron chi connectivity index (χ3n) is 3.58. The number of hydrogen-bond donors (Lipinski definition) is 0. The Morgan fingerprint density at radius 2 is 1.68 bits per heavy atom. The van der Waals surface area contributed by atoms with Crippen molar-refractivity contribution in [2.45, 2.75) is 26.2 Å². The van der Waals surface area contributed by atoms with Crippen molar-refractivity contribution in [3.05, 3.63) is 53.8 Å². The zero-order chi connectivity index (χ0) is 13.8. The van der Waals surface area contributed by atoms with E-state index in [9.17, 15) is 4.39 Å². The SMILES string of the molecule is CCC(C)c1ccc(-c2ccc(OC)c(F)c2)cc1. The van der Waals surface area contributed by atoms with E-state index in [1.165, 1.54) is 18.7 Å². The monoisotopic (exact) mass is 258 g/mol. The van der Waals surface area contributed by atoms with E-state index in [-0.39, 0.29) is 11.6 Å². The molecule has 1 atom stereocenters. The lowest BCUT2D eigenvalue weighted by molar-refractivity contribution is 0.386. The van der Waals surface area contributed by atoms with Crippen molar-refractivity contribution in [3.63, 3.8) is 0 Å². The number of hydrogen-bond acceptors (Lipinski definition) is 1. The minimum absolute atomic E-state index is 0.278. The van der Waals surface area contributed by atoms with E-state index in [1.807, 2.05) is 18.2 Å². The summed E-state index contributed by atoms with van der Waals surface area (Å²) in [6.07, 6.45) is 1.12. The minimum atomic E-state index is -0.328. The first-order chi connectivity index (χ1) is 9.15. The summed E-state index contributed by atoms with van der Waals surface area (Å²) >= 11 is 0. The number of methoxy groups -OCH3 is 1. The van der Waals surface area contributed by atoms with Gasteiger partial charge >= 0.3 is 0 Å². The van der Waals surface area contributed by atoms with Gasteiger partial charge < -0.3 is 4.74 Å². The second-order valence-corrected chi connectivity index (χ2v) is 4.78. The summed E-state index contributed by atoms with van der Waals surface area (Å²) in [4.78, 5) is 0. The molecule has 0 bridgehead atoms. The fourth-order valence-electron chi connectivity index (χ4n) is 2.09. The molecule has 2 aromatic rings. The number of benzene rings is 2. The van der Waals surface area contributed by atoms with Crippen LogP contribution in [0.3, 0.4) is 0 Å². The average molecular weight is 258 g/mol. The van der Waals surface area contributed by atoms with Crippen molar-refractivity contribution in [1.82, 2.24) is 0 Å². The molecule has 2 aromatic carbocycles. The predicted octanol–water partition coefficient (Wildman–Crippen LogP) is 5.01. The van der Waals surface area contributed by atoms with E-state index in [2.05, 4.69) is 26.0 Å². The molecule has 1 nitrogen and oxygen atoms in total. The third-order valence-corrected chi connectivity index (χ3v) is 3.58. The highest BCUT2D eigenvalue weighted by atomic mass is 19.1. The normalized spacial score (nSPS) is 12.2. The molecule has 0 aliphatic heterocycles. The highest BCUT2D eigenvalue weighted by Gasteiger charge is 2.06. The van der Waals surface area contributed by atoms with Gasteiger partial charge in [0.1, 0.15) is 0 Å². The van der Waals surface area contributed by atoms with Crippen LogP contribution in [0.25, 0.3) is 11.1 Å². The lowest BCUT2D eigenvalue weighted by Crippen LogP contribution is -1.91. The molecule has 0 fully saturated rings. The van der Waals surface area contributed by atoms with Crippen LogP contribution in [0, 0.1) is 5.82 Å². The number of ether oxygens (including phenoxy) is 1. The summed E-state index contributed by atoms with van der Waals surface area (Å²) < 4.78 is 18.6. The standard InChI is InChI=1S/C17H19FO/c1-4-12(2)13-5-7-14(8-6-13)15-9-10-17(19-3)16(18)11-15/h5-12H,4H2,1-3H3. The van der Waals surface area contributed by atoms with Gasteiger partial charge in [-0.3, -0.25) is 0 Å². The van der Waals surface area contributed by atoms with Crippen molar-refractivity contribution in [2.24, 2.45) is 0 Å². The van der Waals surface area contributed by atoms with E-state index < -0.39 is 0 Å². The number of rotatable bonds is 4. The van der Waals surface area contributed by atoms with E-state index in [0.29, 0.717) is 5.92 Å². The van der Waals surface area contributed by atoms with Crippen molar-refractivity contribution in [1.29, 1.82) is 0 Å². The van der Waals surface area contributed by atoms with E-state index in [1.54, 1.807) is 6.07 Å². The molecule has 0 radical (unpaired) electrons. The van der Waals surface area contributed by atoms with Crippen molar-refractivity contribution < 1.29 is 9.13 Å². The van der Waals surface area contributed by atoms with Gasteiger partial charge in [0.2, 0.25) is 0 Å². The largest absolute Gasteiger partial charge is 0.494 e. The molecule has 0 saturated carbocycles. The Bertz CT molecular complexity index is 546. The van der Waals surface area contributed by atoms with Gasteiger partial charge in [0.25, 0.3) is 0 Å². The van der Waals surface area contributed by atoms with Gasteiger partial charge in [-0.2, -0.15) is 0 Å². The van der Waals surface area contributed by atoms with Crippen LogP contribution >= 0.6 is 0 Å². The van der Waals surface area contributed by atoms with Crippen LogP contribution in [0.1, 0.15) is 31.7 Å². The molecule has 2 rings (SSSR count). The molecule has 19 heavy (non-hydrogen) atoms. The van der Waals surface area contributed by atoms with Crippen molar-refractivity contribution >= 4 is 0 Å². The zero-order valence-corrected chi connectivity index (χ0v) is 11.6. The highest BCUT2D eigenvalue weighted by Crippen LogP contribution is 2.27. The summed E-state index contributed by atoms with van der Waals surface area (Å²) in [5.41, 5.74) is 3.21. The maximum absolute atomic E-state index is 13.7. The molecular weight excluding hydrogens is 239 g/mol. The summed E-state index contributed by atoms with van der Waals surface area (Å²) in [6.45, 7) is 4.39. The van der Waals surface area contributed by atoms with Gasteiger partial charge in [-0.1, -0.05) is 44.2 Å². The Kier molecular flexibility index (Phi) is 4.20. The third kappa shape index (κ3) is 2.95. The fraction of sp³-hybridized carbons (Fsp3) is 0.294. The molecule has 100 valence electrons. The van der Waals surface area contributed by atoms with E-state index in [4.69, 9.17) is 4.74 Å². The van der Waals surface area contributed by atoms with Gasteiger partial charge in [-0.05, 0) is 41.2 Å². The highest BCUT2D eigenvalue weighted by molar-refractivity contribution is 5.64. The Balaban J connectivity index is 2.29. The van der Waals surface area contributed by atoms with Crippen LogP contribution in [-0.2, 0) is 0 Å². The van der Waals surface area contributed by atoms with Crippen molar-refractivity contribution in [3.8, 4) is 16.9 Å². The van der Waals surface area contributed by atoms with Gasteiger partial charge in [-0.15, -0.1) is 0 Å². The minimum Gasteiger partial charge on any atom is -0.494 e. The molecule has 0 spiro atoms. The molecule has 2 heteroatoms. The summed E-state index contributed by atoms with van der Waals surface area (Å²) in [5, 5.41) is 0. The zero-order valence-electron chi connectivity index (χ0n) is 11.6. The molecule has 0 heterocycles. The first-order valence-electron chi connectivity index (χ1n) is 6.59. The summed E-state index contributed by atoms with van der Waals surface area (Å²) in [7, 11) is 1.47. The Morgan fingerprint density at radius 3 is 2.21 bits per heavy atom. The van der Waals surface area contributed by atoms with E-state index in [0.717, 1.165) is 17.5 Å². The molecule has 0 amide bonds. The fourth-order valence-corrected chi connectivity index (χ4v) is 2.09. The Morgan fingerprint density at radius 1 is 1.05 bits per heavy atom. The first-order valence-corrected chi connectivity index (χ1v) is 6.59. The molecule has 0 saturated heterocycles. The van der Waals surface area contributed by atoms with Crippen LogP contribution < -0.4 is 4.74 Å². The van der Waals surface area contributed by atoms with Crippen LogP contribution in [0.4, 0.5) is 4.39 Å². The summed E-state index contributed by atoms with van der Waals surface area (Å²) in [5.74, 6) is 0.507. The Hall–Kier alpha value is -1.83. The maximum Gasteiger partial charge on any atom is 0.165 e. The van der Waals surface area contributed by atoms with Gasteiger partial charge in [0, 0.05) is 0 Å². The predicted molar refractivity (Wildman–Crippen MR) is 77.1 cm³/mol. The quantitative estimate of drug-likeness (QED) is 0.748.